The molecule has 0 saturated carbocycles. The van der Waals surface area contributed by atoms with Gasteiger partial charge in [0.15, 0.2) is 4.75 Å². The standard InChI is InChI=1S/C11H20O7S.Na/c1-4-5-6-7-11(9(14)15,19(16,17)18)10(2,3)8(12)13;/h4-7H2,1-3H3,(H,12,13)(H,14,15)(H,16,17,18);/q;+1/p-1. The summed E-state index contributed by atoms with van der Waals surface area (Å²) in [5.41, 5.74) is -2.22. The van der Waals surface area contributed by atoms with E-state index < -0.39 is 38.6 Å². The van der Waals surface area contributed by atoms with Crippen molar-refractivity contribution in [3.05, 3.63) is 0 Å². The molecule has 0 saturated heterocycles. The van der Waals surface area contributed by atoms with E-state index in [0.717, 1.165) is 13.8 Å². The van der Waals surface area contributed by atoms with E-state index >= 15 is 0 Å². The van der Waals surface area contributed by atoms with Gasteiger partial charge in [0, 0.05) is 0 Å². The predicted molar refractivity (Wildman–Crippen MR) is 65.6 cm³/mol. The molecule has 0 aliphatic heterocycles. The summed E-state index contributed by atoms with van der Waals surface area (Å²) in [6, 6.07) is 0. The van der Waals surface area contributed by atoms with E-state index in [9.17, 15) is 27.7 Å². The number of rotatable bonds is 8. The number of unbranched alkanes of at least 4 members (excludes halogenated alkanes) is 2. The summed E-state index contributed by atoms with van der Waals surface area (Å²) in [6.45, 7) is 3.71. The SMILES string of the molecule is CCCCCC(C(=O)O)(C(C)(C)C(=O)O)S(=O)(=O)[O-].[Na+]. The number of aliphatic carboxylic acids is 2. The molecule has 1 unspecified atom stereocenters. The maximum atomic E-state index is 11.4. The van der Waals surface area contributed by atoms with Crippen molar-refractivity contribution >= 4 is 22.1 Å². The average Bonchev–Trinajstić information content (AvgIpc) is 2.21. The number of carboxylic acid groups (broad SMARTS) is 2. The Balaban J connectivity index is 0. The van der Waals surface area contributed by atoms with Crippen LogP contribution in [-0.2, 0) is 19.7 Å². The summed E-state index contributed by atoms with van der Waals surface area (Å²) in [4.78, 5) is 22.6. The fourth-order valence-electron chi connectivity index (χ4n) is 2.03. The van der Waals surface area contributed by atoms with Crippen LogP contribution in [0.3, 0.4) is 0 Å². The molecule has 112 valence electrons. The van der Waals surface area contributed by atoms with Crippen LogP contribution in [0.25, 0.3) is 0 Å². The van der Waals surface area contributed by atoms with Crippen LogP contribution < -0.4 is 29.6 Å². The van der Waals surface area contributed by atoms with Crippen molar-refractivity contribution in [2.45, 2.75) is 51.2 Å². The fraction of sp³-hybridized carbons (Fsp3) is 0.818. The smallest absolute Gasteiger partial charge is 0.747 e. The summed E-state index contributed by atoms with van der Waals surface area (Å²) in [6.07, 6.45) is 0.838. The van der Waals surface area contributed by atoms with Crippen LogP contribution in [0.4, 0.5) is 0 Å². The molecule has 0 aliphatic carbocycles. The number of carboxylic acids is 2. The first-order chi connectivity index (χ1) is 8.45. The molecule has 0 rings (SSSR count). The fourth-order valence-corrected chi connectivity index (χ4v) is 3.35. The average molecular weight is 318 g/mol. The Labute approximate surface area is 140 Å². The Bertz CT molecular complexity index is 457. The molecule has 2 N–H and O–H groups in total. The van der Waals surface area contributed by atoms with Gasteiger partial charge in [-0.3, -0.25) is 9.59 Å². The molecule has 7 nitrogen and oxygen atoms in total. The van der Waals surface area contributed by atoms with Gasteiger partial charge in [0.05, 0.1) is 5.41 Å². The van der Waals surface area contributed by atoms with Crippen LogP contribution in [0, 0.1) is 5.41 Å². The molecular weight excluding hydrogens is 299 g/mol. The van der Waals surface area contributed by atoms with Crippen LogP contribution in [0.5, 0.6) is 0 Å². The minimum atomic E-state index is -5.34. The molecule has 0 amide bonds. The van der Waals surface area contributed by atoms with Crippen LogP contribution in [0.15, 0.2) is 0 Å². The number of carbonyl (C=O) groups is 2. The molecule has 0 spiro atoms. The van der Waals surface area contributed by atoms with Crippen LogP contribution in [-0.4, -0.2) is 39.9 Å². The van der Waals surface area contributed by atoms with Gasteiger partial charge in [-0.1, -0.05) is 26.2 Å². The minimum absolute atomic E-state index is 0. The van der Waals surface area contributed by atoms with E-state index in [1.807, 2.05) is 6.92 Å². The van der Waals surface area contributed by atoms with Crippen molar-refractivity contribution in [3.8, 4) is 0 Å². The molecule has 0 bridgehead atoms. The molecule has 20 heavy (non-hydrogen) atoms. The van der Waals surface area contributed by atoms with Crippen molar-refractivity contribution in [1.82, 2.24) is 0 Å². The van der Waals surface area contributed by atoms with Gasteiger partial charge in [-0.25, -0.2) is 8.42 Å². The molecular formula is C11H19NaO7S. The Hall–Kier alpha value is -0.150. The first kappa shape index (κ1) is 22.1. The zero-order chi connectivity index (χ0) is 15.5. The van der Waals surface area contributed by atoms with E-state index in [2.05, 4.69) is 0 Å². The van der Waals surface area contributed by atoms with E-state index in [4.69, 9.17) is 5.11 Å². The summed E-state index contributed by atoms with van der Waals surface area (Å²) >= 11 is 0. The number of hydrogen-bond donors (Lipinski definition) is 2. The molecule has 0 aliphatic rings. The molecule has 0 aromatic carbocycles. The third kappa shape index (κ3) is 3.94. The molecule has 0 heterocycles. The normalized spacial score (nSPS) is 15.0. The Morgan fingerprint density at radius 3 is 1.80 bits per heavy atom. The van der Waals surface area contributed by atoms with Crippen molar-refractivity contribution in [2.24, 2.45) is 5.41 Å². The van der Waals surface area contributed by atoms with Gasteiger partial charge in [0.1, 0.15) is 10.1 Å². The summed E-state index contributed by atoms with van der Waals surface area (Å²) in [5.74, 6) is -3.54. The second-order valence-electron chi connectivity index (χ2n) is 4.97. The predicted octanol–water partition coefficient (Wildman–Crippen LogP) is -1.95. The molecule has 0 radical (unpaired) electrons. The minimum Gasteiger partial charge on any atom is -0.747 e. The van der Waals surface area contributed by atoms with Gasteiger partial charge in [0.25, 0.3) is 0 Å². The molecule has 0 fully saturated rings. The second kappa shape index (κ2) is 7.74. The Morgan fingerprint density at radius 1 is 1.10 bits per heavy atom. The summed E-state index contributed by atoms with van der Waals surface area (Å²) in [7, 11) is -5.34. The van der Waals surface area contributed by atoms with Gasteiger partial charge in [-0.15, -0.1) is 0 Å². The number of hydrogen-bond acceptors (Lipinski definition) is 5. The third-order valence-electron chi connectivity index (χ3n) is 3.45. The Morgan fingerprint density at radius 2 is 1.55 bits per heavy atom. The van der Waals surface area contributed by atoms with E-state index in [1.54, 1.807) is 0 Å². The first-order valence-electron chi connectivity index (χ1n) is 5.87. The maximum Gasteiger partial charge on any atom is 1.00 e. The largest absolute Gasteiger partial charge is 1.00 e. The van der Waals surface area contributed by atoms with Crippen LogP contribution in [0.2, 0.25) is 0 Å². The quantitative estimate of drug-likeness (QED) is 0.302. The second-order valence-corrected chi connectivity index (χ2v) is 6.58. The first-order valence-corrected chi connectivity index (χ1v) is 7.28. The van der Waals surface area contributed by atoms with Gasteiger partial charge >= 0.3 is 41.5 Å². The van der Waals surface area contributed by atoms with Crippen molar-refractivity contribution in [1.29, 1.82) is 0 Å². The van der Waals surface area contributed by atoms with Crippen LogP contribution >= 0.6 is 0 Å². The van der Waals surface area contributed by atoms with E-state index in [1.165, 1.54) is 0 Å². The van der Waals surface area contributed by atoms with Crippen molar-refractivity contribution in [2.75, 3.05) is 0 Å². The summed E-state index contributed by atoms with van der Waals surface area (Å²) < 4.78 is 31.5. The zero-order valence-corrected chi connectivity index (χ0v) is 15.0. The third-order valence-corrected chi connectivity index (χ3v) is 5.19. The van der Waals surface area contributed by atoms with Gasteiger partial charge < -0.3 is 14.8 Å². The summed E-state index contributed by atoms with van der Waals surface area (Å²) in [5, 5.41) is 18.3. The molecule has 0 aromatic heterocycles. The van der Waals surface area contributed by atoms with E-state index in [0.29, 0.717) is 12.8 Å². The van der Waals surface area contributed by atoms with Crippen molar-refractivity contribution in [3.63, 3.8) is 0 Å². The zero-order valence-electron chi connectivity index (χ0n) is 12.2. The molecule has 0 aromatic rings. The van der Waals surface area contributed by atoms with E-state index in [-0.39, 0.29) is 36.0 Å². The maximum absolute atomic E-state index is 11.4. The van der Waals surface area contributed by atoms with Gasteiger partial charge in [-0.2, -0.15) is 0 Å². The Kier molecular flexibility index (Phi) is 8.57. The van der Waals surface area contributed by atoms with Crippen LogP contribution in [0.1, 0.15) is 46.5 Å². The molecule has 9 heteroatoms. The van der Waals surface area contributed by atoms with Gasteiger partial charge in [0.2, 0.25) is 0 Å². The topological polar surface area (TPSA) is 132 Å². The monoisotopic (exact) mass is 318 g/mol. The van der Waals surface area contributed by atoms with Crippen molar-refractivity contribution < 1.29 is 62.3 Å². The van der Waals surface area contributed by atoms with Gasteiger partial charge in [-0.05, 0) is 20.3 Å². The molecule has 1 atom stereocenters.